The molecule has 0 spiro atoms. The summed E-state index contributed by atoms with van der Waals surface area (Å²) in [6.45, 7) is 0. The van der Waals surface area contributed by atoms with Crippen LogP contribution in [-0.4, -0.2) is 4.57 Å². The van der Waals surface area contributed by atoms with Gasteiger partial charge in [0, 0.05) is 44.8 Å². The minimum atomic E-state index is 1.10. The summed E-state index contributed by atoms with van der Waals surface area (Å²) in [5.41, 5.74) is 10.2. The molecule has 0 saturated carbocycles. The van der Waals surface area contributed by atoms with Crippen molar-refractivity contribution in [1.82, 2.24) is 4.57 Å². The summed E-state index contributed by atoms with van der Waals surface area (Å²) in [6.07, 6.45) is 0. The predicted octanol–water partition coefficient (Wildman–Crippen LogP) is 18.1. The molecule has 0 radical (unpaired) electrons. The second kappa shape index (κ2) is 15.7. The van der Waals surface area contributed by atoms with E-state index >= 15 is 0 Å². The van der Waals surface area contributed by atoms with Gasteiger partial charge in [-0.25, -0.2) is 0 Å². The number of nitrogens with zero attached hydrogens (tertiary/aromatic N) is 3. The van der Waals surface area contributed by atoms with Gasteiger partial charge in [0.2, 0.25) is 0 Å². The van der Waals surface area contributed by atoms with Crippen LogP contribution in [0.1, 0.15) is 0 Å². The fraction of sp³-hybridized carbons (Fsp3) is 0. The molecule has 0 aliphatic carbocycles. The highest BCUT2D eigenvalue weighted by Crippen LogP contribution is 2.53. The zero-order valence-corrected chi connectivity index (χ0v) is 36.7. The van der Waals surface area contributed by atoms with Gasteiger partial charge in [0.15, 0.2) is 0 Å². The third-order valence-corrected chi connectivity index (χ3v) is 14.2. The van der Waals surface area contributed by atoms with Gasteiger partial charge in [0.1, 0.15) is 10.0 Å². The number of benzene rings is 11. The largest absolute Gasteiger partial charge is 0.309 e. The lowest BCUT2D eigenvalue weighted by Gasteiger charge is -2.27. The van der Waals surface area contributed by atoms with Crippen LogP contribution in [0.4, 0.5) is 32.8 Å². The minimum absolute atomic E-state index is 1.10. The lowest BCUT2D eigenvalue weighted by atomic mass is 10.0. The number of thiophene rings is 1. The molecule has 0 amide bonds. The molecule has 0 N–H and O–H groups in total. The van der Waals surface area contributed by atoms with Crippen molar-refractivity contribution in [3.8, 4) is 16.8 Å². The van der Waals surface area contributed by atoms with E-state index in [2.05, 4.69) is 263 Å². The molecule has 0 bridgehead atoms. The number of fused-ring (bicyclic) bond motifs is 7. The van der Waals surface area contributed by atoms with Crippen LogP contribution < -0.4 is 9.80 Å². The highest BCUT2D eigenvalue weighted by Gasteiger charge is 2.26. The van der Waals surface area contributed by atoms with E-state index in [-0.39, 0.29) is 0 Å². The first-order valence-corrected chi connectivity index (χ1v) is 23.3. The average Bonchev–Trinajstić information content (AvgIpc) is 3.96. The molecule has 310 valence electrons. The number of hydrogen-bond donors (Lipinski definition) is 0. The number of anilines is 6. The Bertz CT molecular complexity index is 3820. The smallest absolute Gasteiger partial charge is 0.110 e. The Hall–Kier alpha value is -8.44. The van der Waals surface area contributed by atoms with Crippen LogP contribution in [0.2, 0.25) is 0 Å². The van der Waals surface area contributed by atoms with Gasteiger partial charge in [-0.05, 0) is 134 Å². The summed E-state index contributed by atoms with van der Waals surface area (Å²) >= 11 is 1.83. The highest BCUT2D eigenvalue weighted by molar-refractivity contribution is 7.21. The fourth-order valence-electron chi connectivity index (χ4n) is 9.90. The van der Waals surface area contributed by atoms with Crippen LogP contribution in [0.3, 0.4) is 0 Å². The van der Waals surface area contributed by atoms with E-state index in [1.54, 1.807) is 0 Å². The first kappa shape index (κ1) is 38.1. The number of para-hydroxylation sites is 2. The van der Waals surface area contributed by atoms with Gasteiger partial charge in [0.05, 0.1) is 11.0 Å². The summed E-state index contributed by atoms with van der Waals surface area (Å²) in [5, 5.41) is 14.3. The minimum Gasteiger partial charge on any atom is -0.309 e. The normalized spacial score (nSPS) is 11.6. The second-order valence-corrected chi connectivity index (χ2v) is 18.0. The van der Waals surface area contributed by atoms with E-state index < -0.39 is 0 Å². The number of aromatic nitrogens is 1. The van der Waals surface area contributed by atoms with Crippen molar-refractivity contribution in [1.29, 1.82) is 0 Å². The van der Waals surface area contributed by atoms with Gasteiger partial charge in [-0.15, -0.1) is 0 Å². The zero-order valence-electron chi connectivity index (χ0n) is 35.9. The van der Waals surface area contributed by atoms with Crippen molar-refractivity contribution in [2.75, 3.05) is 9.80 Å². The van der Waals surface area contributed by atoms with Crippen molar-refractivity contribution in [2.45, 2.75) is 0 Å². The van der Waals surface area contributed by atoms with E-state index in [0.29, 0.717) is 0 Å². The first-order chi connectivity index (χ1) is 32.7. The highest BCUT2D eigenvalue weighted by atomic mass is 32.1. The van der Waals surface area contributed by atoms with Crippen molar-refractivity contribution in [3.63, 3.8) is 0 Å². The standard InChI is InChI=1S/C62H41N3S/c1-2-22-51(23-3-1)65-59-25-13-12-24-56(59)58-40-50(30-35-60(58)65)57-41-61(63(52-31-26-42-14-4-8-18-46(42)36-52)53-32-27-43-15-5-9-19-47(43)37-53)66-62(57)64(54-33-28-44-16-6-10-20-48(44)38-54)55-34-29-45-17-7-11-21-49(45)39-55/h1-41H. The maximum atomic E-state index is 2.48. The maximum Gasteiger partial charge on any atom is 0.110 e. The number of hydrogen-bond acceptors (Lipinski definition) is 3. The van der Waals surface area contributed by atoms with E-state index in [9.17, 15) is 0 Å². The Kier molecular flexibility index (Phi) is 9.03. The summed E-state index contributed by atoms with van der Waals surface area (Å²) < 4.78 is 2.39. The monoisotopic (exact) mass is 859 g/mol. The molecule has 2 heterocycles. The molecule has 4 heteroatoms. The Balaban J connectivity index is 1.10. The van der Waals surface area contributed by atoms with E-state index in [1.165, 1.54) is 64.9 Å². The van der Waals surface area contributed by atoms with Gasteiger partial charge in [-0.2, -0.15) is 0 Å². The Morgan fingerprint density at radius 2 is 0.727 bits per heavy atom. The molecule has 66 heavy (non-hydrogen) atoms. The van der Waals surface area contributed by atoms with E-state index in [1.807, 2.05) is 11.3 Å². The molecule has 0 unspecified atom stereocenters. The Morgan fingerprint density at radius 1 is 0.303 bits per heavy atom. The molecule has 13 rings (SSSR count). The topological polar surface area (TPSA) is 11.4 Å². The molecule has 3 nitrogen and oxygen atoms in total. The van der Waals surface area contributed by atoms with Crippen molar-refractivity contribution in [2.24, 2.45) is 0 Å². The van der Waals surface area contributed by atoms with Crippen LogP contribution in [0.5, 0.6) is 0 Å². The lowest BCUT2D eigenvalue weighted by Crippen LogP contribution is -2.10. The van der Waals surface area contributed by atoms with Gasteiger partial charge in [0.25, 0.3) is 0 Å². The summed E-state index contributed by atoms with van der Waals surface area (Å²) in [4.78, 5) is 4.94. The van der Waals surface area contributed by atoms with Gasteiger partial charge in [-0.3, -0.25) is 0 Å². The van der Waals surface area contributed by atoms with Crippen LogP contribution in [0, 0.1) is 0 Å². The molecule has 0 aliphatic heterocycles. The molecule has 0 fully saturated rings. The van der Waals surface area contributed by atoms with Crippen LogP contribution in [-0.2, 0) is 0 Å². The van der Waals surface area contributed by atoms with Gasteiger partial charge < -0.3 is 14.4 Å². The SMILES string of the molecule is c1ccc(-n2c3ccccc3c3cc(-c4cc(N(c5ccc6ccccc6c5)c5ccc6ccccc6c5)sc4N(c4ccc5ccccc5c4)c4ccc5ccccc5c4)ccc32)cc1. The van der Waals surface area contributed by atoms with Crippen LogP contribution in [0.15, 0.2) is 249 Å². The zero-order chi connectivity index (χ0) is 43.6. The third kappa shape index (κ3) is 6.50. The summed E-state index contributed by atoms with van der Waals surface area (Å²) in [7, 11) is 0. The van der Waals surface area contributed by atoms with Crippen molar-refractivity contribution >= 4 is 109 Å². The van der Waals surface area contributed by atoms with Crippen molar-refractivity contribution < 1.29 is 0 Å². The average molecular weight is 860 g/mol. The maximum absolute atomic E-state index is 2.48. The molecule has 13 aromatic rings. The first-order valence-electron chi connectivity index (χ1n) is 22.5. The van der Waals surface area contributed by atoms with Crippen LogP contribution >= 0.6 is 11.3 Å². The third-order valence-electron chi connectivity index (χ3n) is 13.1. The van der Waals surface area contributed by atoms with Gasteiger partial charge >= 0.3 is 0 Å². The van der Waals surface area contributed by atoms with Crippen molar-refractivity contribution in [3.05, 3.63) is 249 Å². The second-order valence-electron chi connectivity index (χ2n) is 17.0. The Morgan fingerprint density at radius 3 is 1.24 bits per heavy atom. The molecule has 11 aromatic carbocycles. The Labute approximate surface area is 386 Å². The molecule has 0 atom stereocenters. The van der Waals surface area contributed by atoms with E-state index in [0.717, 1.165) is 49.6 Å². The molecule has 0 aliphatic rings. The fourth-order valence-corrected chi connectivity index (χ4v) is 11.2. The molecular weight excluding hydrogens is 819 g/mol. The van der Waals surface area contributed by atoms with Crippen LogP contribution in [0.25, 0.3) is 81.7 Å². The van der Waals surface area contributed by atoms with E-state index in [4.69, 9.17) is 0 Å². The molecular formula is C62H41N3S. The molecule has 0 saturated heterocycles. The molecule has 2 aromatic heterocycles. The predicted molar refractivity (Wildman–Crippen MR) is 283 cm³/mol. The lowest BCUT2D eigenvalue weighted by molar-refractivity contribution is 1.18. The number of rotatable bonds is 8. The quantitative estimate of drug-likeness (QED) is 0.151. The summed E-state index contributed by atoms with van der Waals surface area (Å²) in [6, 6.07) is 91.1. The summed E-state index contributed by atoms with van der Waals surface area (Å²) in [5.74, 6) is 0. The van der Waals surface area contributed by atoms with Gasteiger partial charge in [-0.1, -0.05) is 175 Å².